The lowest BCUT2D eigenvalue weighted by Gasteiger charge is -2.20. The topological polar surface area (TPSA) is 46.4 Å². The smallest absolute Gasteiger partial charge is 0.246 e. The number of nitro groups is 1. The number of hydrogen-bond donors (Lipinski definition) is 0. The zero-order chi connectivity index (χ0) is 15.2. The van der Waals surface area contributed by atoms with Crippen molar-refractivity contribution in [3.05, 3.63) is 81.4 Å². The summed E-state index contributed by atoms with van der Waals surface area (Å²) in [7, 11) is 0. The van der Waals surface area contributed by atoms with Crippen LogP contribution in [-0.2, 0) is 13.0 Å². The highest BCUT2D eigenvalue weighted by Gasteiger charge is 2.61. The molecule has 1 saturated heterocycles. The Hall–Kier alpha value is -2.20. The minimum absolute atomic E-state index is 0.0161. The number of fused-ring (bicyclic) bond motifs is 3. The monoisotopic (exact) mass is 294 g/mol. The fourth-order valence-corrected chi connectivity index (χ4v) is 4.13. The number of rotatable bonds is 3. The zero-order valence-corrected chi connectivity index (χ0v) is 12.3. The molecule has 0 amide bonds. The molecule has 0 unspecified atom stereocenters. The average Bonchev–Trinajstić information content (AvgIpc) is 3.02. The molecule has 4 nitrogen and oxygen atoms in total. The van der Waals surface area contributed by atoms with Gasteiger partial charge in [0.15, 0.2) is 0 Å². The van der Waals surface area contributed by atoms with Gasteiger partial charge < -0.3 is 0 Å². The highest BCUT2D eigenvalue weighted by Crippen LogP contribution is 2.48. The van der Waals surface area contributed by atoms with Crippen LogP contribution in [-0.4, -0.2) is 28.5 Å². The molecule has 0 saturated carbocycles. The molecule has 22 heavy (non-hydrogen) atoms. The minimum atomic E-state index is -0.835. The van der Waals surface area contributed by atoms with Gasteiger partial charge in [-0.25, -0.2) is 0 Å². The largest absolute Gasteiger partial charge is 0.291 e. The molecule has 1 fully saturated rings. The minimum Gasteiger partial charge on any atom is -0.291 e. The van der Waals surface area contributed by atoms with E-state index in [1.54, 1.807) is 0 Å². The second-order valence-corrected chi connectivity index (χ2v) is 6.44. The van der Waals surface area contributed by atoms with E-state index >= 15 is 0 Å². The van der Waals surface area contributed by atoms with Crippen LogP contribution in [0.1, 0.15) is 22.6 Å². The summed E-state index contributed by atoms with van der Waals surface area (Å²) >= 11 is 0. The molecule has 2 aliphatic rings. The predicted octanol–water partition coefficient (Wildman–Crippen LogP) is 2.86. The van der Waals surface area contributed by atoms with Crippen molar-refractivity contribution in [2.75, 3.05) is 13.1 Å². The summed E-state index contributed by atoms with van der Waals surface area (Å²) in [5, 5.41) is 11.9. The number of benzene rings is 2. The molecule has 1 heterocycles. The Bertz CT molecular complexity index is 716. The molecular weight excluding hydrogens is 276 g/mol. The maximum absolute atomic E-state index is 11.9. The second-order valence-electron chi connectivity index (χ2n) is 6.44. The summed E-state index contributed by atoms with van der Waals surface area (Å²) < 4.78 is 0. The van der Waals surface area contributed by atoms with Gasteiger partial charge in [-0.15, -0.1) is 0 Å². The summed E-state index contributed by atoms with van der Waals surface area (Å²) in [4.78, 5) is 14.1. The maximum atomic E-state index is 11.9. The van der Waals surface area contributed by atoms with Gasteiger partial charge in [0.1, 0.15) is 0 Å². The normalized spacial score (nSPS) is 26.6. The summed E-state index contributed by atoms with van der Waals surface area (Å²) in [5.74, 6) is 0.0161. The Morgan fingerprint density at radius 2 is 1.86 bits per heavy atom. The van der Waals surface area contributed by atoms with Crippen LogP contribution in [0.3, 0.4) is 0 Å². The van der Waals surface area contributed by atoms with Crippen LogP contribution in [0.25, 0.3) is 0 Å². The number of likely N-dealkylation sites (tertiary alicyclic amines) is 1. The van der Waals surface area contributed by atoms with Crippen molar-refractivity contribution in [3.8, 4) is 0 Å². The summed E-state index contributed by atoms with van der Waals surface area (Å²) in [5.41, 5.74) is 2.71. The molecule has 0 aromatic heterocycles. The van der Waals surface area contributed by atoms with E-state index in [2.05, 4.69) is 23.1 Å². The third-order valence-electron chi connectivity index (χ3n) is 5.13. The Labute approximate surface area is 129 Å². The van der Waals surface area contributed by atoms with E-state index in [1.165, 1.54) is 11.1 Å². The predicted molar refractivity (Wildman–Crippen MR) is 84.3 cm³/mol. The first kappa shape index (κ1) is 13.5. The lowest BCUT2D eigenvalue weighted by molar-refractivity contribution is -0.566. The molecule has 0 N–H and O–H groups in total. The molecule has 0 radical (unpaired) electrons. The third-order valence-corrected chi connectivity index (χ3v) is 5.13. The Morgan fingerprint density at radius 3 is 2.64 bits per heavy atom. The van der Waals surface area contributed by atoms with E-state index in [9.17, 15) is 10.1 Å². The highest BCUT2D eigenvalue weighted by atomic mass is 16.6. The SMILES string of the molecule is O=[N+]([O-])[C@]12Cc3ccccc3[C@@H]1CN(Cc1ccccc1)C2. The van der Waals surface area contributed by atoms with Gasteiger partial charge >= 0.3 is 0 Å². The van der Waals surface area contributed by atoms with Crippen molar-refractivity contribution < 1.29 is 4.92 Å². The lowest BCUT2D eigenvalue weighted by atomic mass is 9.89. The van der Waals surface area contributed by atoms with Crippen molar-refractivity contribution in [3.63, 3.8) is 0 Å². The standard InChI is InChI=1S/C18H18N2O2/c21-20(22)18-10-15-8-4-5-9-16(15)17(18)12-19(13-18)11-14-6-2-1-3-7-14/h1-9,17H,10-13H2/t17-,18-/m0/s1. The van der Waals surface area contributed by atoms with Gasteiger partial charge in [0.2, 0.25) is 5.54 Å². The first-order valence-corrected chi connectivity index (χ1v) is 7.68. The first-order chi connectivity index (χ1) is 10.7. The molecule has 4 heteroatoms. The molecule has 4 rings (SSSR count). The van der Waals surface area contributed by atoms with Gasteiger partial charge in [-0.05, 0) is 16.7 Å². The molecule has 1 aliphatic heterocycles. The van der Waals surface area contributed by atoms with Crippen LogP contribution in [0.15, 0.2) is 54.6 Å². The molecule has 2 atom stereocenters. The van der Waals surface area contributed by atoms with Crippen molar-refractivity contribution in [1.82, 2.24) is 4.90 Å². The van der Waals surface area contributed by atoms with Crippen LogP contribution < -0.4 is 0 Å². The summed E-state index contributed by atoms with van der Waals surface area (Å²) in [6, 6.07) is 18.3. The number of nitrogens with zero attached hydrogens (tertiary/aromatic N) is 2. The summed E-state index contributed by atoms with van der Waals surface area (Å²) in [6.45, 7) is 2.09. The maximum Gasteiger partial charge on any atom is 0.246 e. The molecular formula is C18H18N2O2. The highest BCUT2D eigenvalue weighted by molar-refractivity contribution is 5.42. The van der Waals surface area contributed by atoms with Gasteiger partial charge in [-0.1, -0.05) is 54.6 Å². The molecule has 0 spiro atoms. The van der Waals surface area contributed by atoms with E-state index in [-0.39, 0.29) is 10.8 Å². The van der Waals surface area contributed by atoms with Crippen LogP contribution in [0.2, 0.25) is 0 Å². The fourth-order valence-electron chi connectivity index (χ4n) is 4.13. The van der Waals surface area contributed by atoms with Gasteiger partial charge in [-0.2, -0.15) is 0 Å². The Morgan fingerprint density at radius 1 is 1.14 bits per heavy atom. The van der Waals surface area contributed by atoms with E-state index in [1.807, 2.05) is 36.4 Å². The van der Waals surface area contributed by atoms with Gasteiger partial charge in [-0.3, -0.25) is 15.0 Å². The van der Waals surface area contributed by atoms with Gasteiger partial charge in [0, 0.05) is 24.4 Å². The van der Waals surface area contributed by atoms with E-state index in [4.69, 9.17) is 0 Å². The van der Waals surface area contributed by atoms with Crippen LogP contribution >= 0.6 is 0 Å². The average molecular weight is 294 g/mol. The van der Waals surface area contributed by atoms with Crippen LogP contribution in [0, 0.1) is 10.1 Å². The number of hydrogen-bond acceptors (Lipinski definition) is 3. The molecule has 2 aromatic rings. The Balaban J connectivity index is 1.64. The zero-order valence-electron chi connectivity index (χ0n) is 12.3. The lowest BCUT2D eigenvalue weighted by Crippen LogP contribution is -2.43. The fraction of sp³-hybridized carbons (Fsp3) is 0.333. The molecule has 1 aliphatic carbocycles. The Kier molecular flexibility index (Phi) is 3.01. The molecule has 112 valence electrons. The van der Waals surface area contributed by atoms with Crippen LogP contribution in [0.4, 0.5) is 0 Å². The van der Waals surface area contributed by atoms with E-state index in [0.29, 0.717) is 13.0 Å². The van der Waals surface area contributed by atoms with E-state index < -0.39 is 5.54 Å². The second kappa shape index (κ2) is 4.92. The summed E-state index contributed by atoms with van der Waals surface area (Å²) in [6.07, 6.45) is 0.562. The van der Waals surface area contributed by atoms with Gasteiger partial charge in [0.25, 0.3) is 0 Å². The van der Waals surface area contributed by atoms with E-state index in [0.717, 1.165) is 18.7 Å². The molecule has 2 aromatic carbocycles. The molecule has 0 bridgehead atoms. The van der Waals surface area contributed by atoms with Crippen LogP contribution in [0.5, 0.6) is 0 Å². The first-order valence-electron chi connectivity index (χ1n) is 7.68. The van der Waals surface area contributed by atoms with Crippen molar-refractivity contribution in [1.29, 1.82) is 0 Å². The third kappa shape index (κ3) is 1.95. The quantitative estimate of drug-likeness (QED) is 0.646. The van der Waals surface area contributed by atoms with Crippen molar-refractivity contribution in [2.24, 2.45) is 0 Å². The van der Waals surface area contributed by atoms with Gasteiger partial charge in [0.05, 0.1) is 12.5 Å². The van der Waals surface area contributed by atoms with Crippen molar-refractivity contribution >= 4 is 0 Å². The van der Waals surface area contributed by atoms with Crippen molar-refractivity contribution in [2.45, 2.75) is 24.4 Å².